The second-order valence-corrected chi connectivity index (χ2v) is 5.23. The molecule has 104 valence electrons. The summed E-state index contributed by atoms with van der Waals surface area (Å²) < 4.78 is 2.36. The van der Waals surface area contributed by atoms with Crippen LogP contribution in [0.25, 0.3) is 10.9 Å². The highest BCUT2D eigenvalue weighted by Gasteiger charge is 1.98. The molecule has 0 aliphatic heterocycles. The van der Waals surface area contributed by atoms with Crippen molar-refractivity contribution in [1.29, 1.82) is 0 Å². The average Bonchev–Trinajstić information content (AvgIpc) is 2.85. The summed E-state index contributed by atoms with van der Waals surface area (Å²) in [5.74, 6) is 0. The Hall–Kier alpha value is -1.28. The van der Waals surface area contributed by atoms with Crippen molar-refractivity contribution in [3.8, 4) is 0 Å². The Balaban J connectivity index is 1.63. The summed E-state index contributed by atoms with van der Waals surface area (Å²) in [5, 5.41) is 4.88. The van der Waals surface area contributed by atoms with Gasteiger partial charge in [0.25, 0.3) is 0 Å². The van der Waals surface area contributed by atoms with Crippen LogP contribution in [0, 0.1) is 0 Å². The molecule has 2 heteroatoms. The van der Waals surface area contributed by atoms with E-state index in [-0.39, 0.29) is 0 Å². The van der Waals surface area contributed by atoms with Crippen molar-refractivity contribution in [2.75, 3.05) is 13.1 Å². The lowest BCUT2D eigenvalue weighted by Gasteiger charge is -2.07. The molecule has 0 unspecified atom stereocenters. The molecule has 2 aromatic rings. The molecule has 0 saturated carbocycles. The number of hydrogen-bond acceptors (Lipinski definition) is 1. The van der Waals surface area contributed by atoms with E-state index >= 15 is 0 Å². The Morgan fingerprint density at radius 1 is 0.947 bits per heavy atom. The van der Waals surface area contributed by atoms with Crippen LogP contribution in [0.5, 0.6) is 0 Å². The zero-order chi connectivity index (χ0) is 13.3. The summed E-state index contributed by atoms with van der Waals surface area (Å²) in [7, 11) is 0. The van der Waals surface area contributed by atoms with E-state index < -0.39 is 0 Å². The number of fused-ring (bicyclic) bond motifs is 1. The maximum absolute atomic E-state index is 3.54. The minimum Gasteiger partial charge on any atom is -0.347 e. The van der Waals surface area contributed by atoms with Crippen LogP contribution in [0.2, 0.25) is 0 Å². The van der Waals surface area contributed by atoms with E-state index in [1.54, 1.807) is 0 Å². The van der Waals surface area contributed by atoms with Gasteiger partial charge in [-0.1, -0.05) is 44.4 Å². The summed E-state index contributed by atoms with van der Waals surface area (Å²) in [6, 6.07) is 10.8. The Bertz CT molecular complexity index is 473. The second-order valence-electron chi connectivity index (χ2n) is 5.23. The molecule has 1 aromatic heterocycles. The van der Waals surface area contributed by atoms with Gasteiger partial charge in [0.1, 0.15) is 0 Å². The predicted molar refractivity (Wildman–Crippen MR) is 83.6 cm³/mol. The Labute approximate surface area is 116 Å². The normalized spacial score (nSPS) is 11.2. The maximum atomic E-state index is 3.54. The molecule has 19 heavy (non-hydrogen) atoms. The fourth-order valence-electron chi connectivity index (χ4n) is 2.51. The highest BCUT2D eigenvalue weighted by atomic mass is 15.0. The van der Waals surface area contributed by atoms with Gasteiger partial charge in [0.2, 0.25) is 0 Å². The first-order valence-corrected chi connectivity index (χ1v) is 7.66. The van der Waals surface area contributed by atoms with Crippen LogP contribution >= 0.6 is 0 Å². The topological polar surface area (TPSA) is 17.0 Å². The van der Waals surface area contributed by atoms with Gasteiger partial charge in [-0.25, -0.2) is 0 Å². The van der Waals surface area contributed by atoms with Crippen molar-refractivity contribution in [1.82, 2.24) is 9.88 Å². The first-order valence-electron chi connectivity index (χ1n) is 7.66. The minimum atomic E-state index is 1.11. The van der Waals surface area contributed by atoms with Gasteiger partial charge in [0, 0.05) is 18.3 Å². The van der Waals surface area contributed by atoms with E-state index in [0.717, 1.165) is 13.1 Å². The van der Waals surface area contributed by atoms with Gasteiger partial charge in [-0.15, -0.1) is 0 Å². The second kappa shape index (κ2) is 8.00. The number of hydrogen-bond donors (Lipinski definition) is 1. The van der Waals surface area contributed by atoms with Crippen molar-refractivity contribution >= 4 is 10.9 Å². The number of unbranched alkanes of at least 4 members (excludes halogenated alkanes) is 3. The quantitative estimate of drug-likeness (QED) is 0.667. The van der Waals surface area contributed by atoms with Crippen LogP contribution in [0.1, 0.15) is 39.0 Å². The van der Waals surface area contributed by atoms with Gasteiger partial charge in [0.15, 0.2) is 0 Å². The lowest BCUT2D eigenvalue weighted by Crippen LogP contribution is -2.18. The van der Waals surface area contributed by atoms with Gasteiger partial charge in [-0.05, 0) is 43.5 Å². The summed E-state index contributed by atoms with van der Waals surface area (Å²) in [5.41, 5.74) is 1.35. The van der Waals surface area contributed by atoms with E-state index in [1.807, 2.05) is 0 Å². The summed E-state index contributed by atoms with van der Waals surface area (Å²) in [6.07, 6.45) is 8.78. The number of nitrogens with zero attached hydrogens (tertiary/aromatic N) is 1. The lowest BCUT2D eigenvalue weighted by atomic mass is 10.2. The largest absolute Gasteiger partial charge is 0.347 e. The maximum Gasteiger partial charge on any atom is 0.0480 e. The van der Waals surface area contributed by atoms with E-state index in [9.17, 15) is 0 Å². The van der Waals surface area contributed by atoms with Gasteiger partial charge in [0.05, 0.1) is 0 Å². The summed E-state index contributed by atoms with van der Waals surface area (Å²) in [4.78, 5) is 0. The first kappa shape index (κ1) is 14.1. The van der Waals surface area contributed by atoms with Gasteiger partial charge in [-0.2, -0.15) is 0 Å². The molecule has 1 N–H and O–H groups in total. The Morgan fingerprint density at radius 2 is 1.79 bits per heavy atom. The SMILES string of the molecule is CCCCCCNCCCn1ccc2ccccc21. The van der Waals surface area contributed by atoms with Crippen LogP contribution < -0.4 is 5.32 Å². The first-order chi connectivity index (χ1) is 9.42. The van der Waals surface area contributed by atoms with Gasteiger partial charge < -0.3 is 9.88 Å². The standard InChI is InChI=1S/C17H26N2/c1-2-3-4-7-12-18-13-8-14-19-15-11-16-9-5-6-10-17(16)19/h5-6,9-11,15,18H,2-4,7-8,12-14H2,1H3. The van der Waals surface area contributed by atoms with E-state index in [2.05, 4.69) is 53.3 Å². The minimum absolute atomic E-state index is 1.11. The third-order valence-electron chi connectivity index (χ3n) is 3.64. The molecule has 2 nitrogen and oxygen atoms in total. The van der Waals surface area contributed by atoms with E-state index in [4.69, 9.17) is 0 Å². The third kappa shape index (κ3) is 4.39. The third-order valence-corrected chi connectivity index (χ3v) is 3.64. The highest BCUT2D eigenvalue weighted by molar-refractivity contribution is 5.79. The van der Waals surface area contributed by atoms with Crippen LogP contribution in [-0.2, 0) is 6.54 Å². The molecule has 0 radical (unpaired) electrons. The van der Waals surface area contributed by atoms with Gasteiger partial charge in [-0.3, -0.25) is 0 Å². The van der Waals surface area contributed by atoms with E-state index in [1.165, 1.54) is 49.6 Å². The molecule has 2 rings (SSSR count). The number of aryl methyl sites for hydroxylation is 1. The van der Waals surface area contributed by atoms with Gasteiger partial charge >= 0.3 is 0 Å². The molecule has 0 aliphatic rings. The molecule has 0 saturated heterocycles. The molecule has 1 aromatic carbocycles. The number of rotatable bonds is 9. The zero-order valence-corrected chi connectivity index (χ0v) is 12.1. The van der Waals surface area contributed by atoms with Crippen molar-refractivity contribution in [3.05, 3.63) is 36.5 Å². The van der Waals surface area contributed by atoms with Crippen molar-refractivity contribution in [2.45, 2.75) is 45.6 Å². The number of benzene rings is 1. The number of nitrogens with one attached hydrogen (secondary N) is 1. The van der Waals surface area contributed by atoms with Crippen molar-refractivity contribution < 1.29 is 0 Å². The van der Waals surface area contributed by atoms with Crippen LogP contribution in [0.15, 0.2) is 36.5 Å². The zero-order valence-electron chi connectivity index (χ0n) is 12.1. The molecule has 0 atom stereocenters. The van der Waals surface area contributed by atoms with E-state index in [0.29, 0.717) is 0 Å². The molecular weight excluding hydrogens is 232 g/mol. The Morgan fingerprint density at radius 3 is 2.68 bits per heavy atom. The van der Waals surface area contributed by atoms with Crippen molar-refractivity contribution in [2.24, 2.45) is 0 Å². The molecular formula is C17H26N2. The van der Waals surface area contributed by atoms with Crippen LogP contribution in [0.3, 0.4) is 0 Å². The van der Waals surface area contributed by atoms with Crippen LogP contribution in [-0.4, -0.2) is 17.7 Å². The van der Waals surface area contributed by atoms with Crippen LogP contribution in [0.4, 0.5) is 0 Å². The molecule has 0 bridgehead atoms. The monoisotopic (exact) mass is 258 g/mol. The average molecular weight is 258 g/mol. The lowest BCUT2D eigenvalue weighted by molar-refractivity contribution is 0.559. The fourth-order valence-corrected chi connectivity index (χ4v) is 2.51. The Kier molecular flexibility index (Phi) is 5.96. The smallest absolute Gasteiger partial charge is 0.0480 e. The molecule has 0 spiro atoms. The molecule has 0 fully saturated rings. The fraction of sp³-hybridized carbons (Fsp3) is 0.529. The molecule has 0 amide bonds. The summed E-state index contributed by atoms with van der Waals surface area (Å²) in [6.45, 7) is 5.66. The number of aromatic nitrogens is 1. The predicted octanol–water partition coefficient (Wildman–Crippen LogP) is 4.20. The molecule has 0 aliphatic carbocycles. The van der Waals surface area contributed by atoms with Crippen molar-refractivity contribution in [3.63, 3.8) is 0 Å². The summed E-state index contributed by atoms with van der Waals surface area (Å²) >= 11 is 0. The molecule has 1 heterocycles. The highest BCUT2D eigenvalue weighted by Crippen LogP contribution is 2.15. The number of para-hydroxylation sites is 1.